The number of para-hydroxylation sites is 2. The van der Waals surface area contributed by atoms with Gasteiger partial charge in [-0.3, -0.25) is 4.57 Å². The van der Waals surface area contributed by atoms with Crippen LogP contribution in [0, 0.1) is 6.07 Å². The van der Waals surface area contributed by atoms with Gasteiger partial charge in [-0.2, -0.15) is 0 Å². The predicted octanol–water partition coefficient (Wildman–Crippen LogP) is 10.4. The third-order valence-electron chi connectivity index (χ3n) is 9.31. The van der Waals surface area contributed by atoms with Crippen molar-refractivity contribution in [2.75, 3.05) is 0 Å². The van der Waals surface area contributed by atoms with Crippen LogP contribution in [0.15, 0.2) is 109 Å². The number of hydrogen-bond acceptors (Lipinski definition) is 3. The van der Waals surface area contributed by atoms with Gasteiger partial charge in [-0.05, 0) is 69.8 Å². The molecular weight excluding hydrogens is 772 g/mol. The average Bonchev–Trinajstić information content (AvgIpc) is 3.56. The van der Waals surface area contributed by atoms with Crippen molar-refractivity contribution in [3.63, 3.8) is 0 Å². The van der Waals surface area contributed by atoms with E-state index in [1.54, 1.807) is 6.07 Å². The summed E-state index contributed by atoms with van der Waals surface area (Å²) in [5.41, 5.74) is 7.77. The van der Waals surface area contributed by atoms with Crippen LogP contribution in [0.1, 0.15) is 52.7 Å². The van der Waals surface area contributed by atoms with E-state index in [1.165, 1.54) is 5.56 Å². The molecule has 1 N–H and O–H groups in total. The number of pyridine rings is 2. The Hall–Kier alpha value is -4.73. The maximum atomic E-state index is 11.0. The molecule has 48 heavy (non-hydrogen) atoms. The van der Waals surface area contributed by atoms with Gasteiger partial charge in [0.15, 0.2) is 0 Å². The SMILES string of the molecule is CC(C)(C)c1ccnc(-n2c3ccccc3c3ccc(-n4c5[c-]c(-c6cc(C(C)(C)C)ccc6O)ccc5c5ccccc54)nc32)c1.[Pt]. The quantitative estimate of drug-likeness (QED) is 0.181. The van der Waals surface area contributed by atoms with Gasteiger partial charge in [0, 0.05) is 43.6 Å². The first kappa shape index (κ1) is 31.8. The number of hydrogen-bond donors (Lipinski definition) is 1. The van der Waals surface area contributed by atoms with Gasteiger partial charge in [0.25, 0.3) is 0 Å². The van der Waals surface area contributed by atoms with Gasteiger partial charge < -0.3 is 9.67 Å². The Bertz CT molecular complexity index is 2510. The molecule has 6 heteroatoms. The molecule has 0 spiro atoms. The Balaban J connectivity index is 0.00000364. The summed E-state index contributed by atoms with van der Waals surface area (Å²) in [6.07, 6.45) is 1.90. The second kappa shape index (κ2) is 11.5. The van der Waals surface area contributed by atoms with Crippen molar-refractivity contribution in [3.05, 3.63) is 127 Å². The van der Waals surface area contributed by atoms with E-state index in [4.69, 9.17) is 9.97 Å². The second-order valence-corrected chi connectivity index (χ2v) is 14.5. The van der Waals surface area contributed by atoms with Crippen LogP contribution in [0.3, 0.4) is 0 Å². The van der Waals surface area contributed by atoms with Crippen LogP contribution < -0.4 is 0 Å². The summed E-state index contributed by atoms with van der Waals surface area (Å²) in [6, 6.07) is 39.2. The molecular formula is C42H37N4OPt-. The Labute approximate surface area is 295 Å². The monoisotopic (exact) mass is 808 g/mol. The zero-order valence-electron chi connectivity index (χ0n) is 27.9. The minimum Gasteiger partial charge on any atom is -0.517 e. The van der Waals surface area contributed by atoms with Crippen molar-refractivity contribution in [2.45, 2.75) is 52.4 Å². The fourth-order valence-corrected chi connectivity index (χ4v) is 6.70. The predicted molar refractivity (Wildman–Crippen MR) is 194 cm³/mol. The van der Waals surface area contributed by atoms with Crippen molar-refractivity contribution in [1.82, 2.24) is 19.1 Å². The molecule has 0 atom stereocenters. The number of nitrogens with zero attached hydrogens (tertiary/aromatic N) is 4. The van der Waals surface area contributed by atoms with Gasteiger partial charge in [-0.25, -0.2) is 9.97 Å². The van der Waals surface area contributed by atoms with E-state index in [-0.39, 0.29) is 37.6 Å². The standard InChI is InChI=1S/C42H37N4O.Pt/c1-41(2,3)27-16-19-37(47)33(24-27)26-15-17-31-29-11-7-9-13-34(29)45(36(31)23-26)38-20-18-32-30-12-8-10-14-35(30)46(40(32)44-38)39-25-28(21-22-43-39)42(4,5)6;/h7-22,24-25,47H,1-6H3;/q-1;. The first-order valence-electron chi connectivity index (χ1n) is 16.2. The molecule has 0 unspecified atom stereocenters. The van der Waals surface area contributed by atoms with Gasteiger partial charge in [0.05, 0.1) is 11.3 Å². The maximum Gasteiger partial charge on any atom is 0.149 e. The van der Waals surface area contributed by atoms with Gasteiger partial charge in [-0.15, -0.1) is 23.8 Å². The Morgan fingerprint density at radius 2 is 1.23 bits per heavy atom. The van der Waals surface area contributed by atoms with Crippen LogP contribution in [-0.2, 0) is 31.9 Å². The molecule has 4 heterocycles. The van der Waals surface area contributed by atoms with Crippen molar-refractivity contribution in [3.8, 4) is 28.5 Å². The molecule has 0 amide bonds. The molecule has 0 saturated carbocycles. The summed E-state index contributed by atoms with van der Waals surface area (Å²) in [7, 11) is 0. The van der Waals surface area contributed by atoms with Crippen LogP contribution in [0.4, 0.5) is 0 Å². The Morgan fingerprint density at radius 1 is 0.604 bits per heavy atom. The molecule has 4 aromatic carbocycles. The molecule has 4 aromatic heterocycles. The molecule has 0 fully saturated rings. The van der Waals surface area contributed by atoms with Gasteiger partial charge in [0.1, 0.15) is 17.3 Å². The van der Waals surface area contributed by atoms with E-state index in [0.717, 1.165) is 72.1 Å². The number of benzene rings is 4. The van der Waals surface area contributed by atoms with Crippen LogP contribution in [0.25, 0.3) is 66.5 Å². The van der Waals surface area contributed by atoms with Crippen LogP contribution in [-0.4, -0.2) is 24.2 Å². The zero-order chi connectivity index (χ0) is 32.7. The van der Waals surface area contributed by atoms with Crippen molar-refractivity contribution >= 4 is 43.7 Å². The largest absolute Gasteiger partial charge is 0.517 e. The van der Waals surface area contributed by atoms with Gasteiger partial charge in [-0.1, -0.05) is 107 Å². The van der Waals surface area contributed by atoms with E-state index >= 15 is 0 Å². The number of phenolic OH excluding ortho intramolecular Hbond substituents is 1. The van der Waals surface area contributed by atoms with Gasteiger partial charge >= 0.3 is 0 Å². The summed E-state index contributed by atoms with van der Waals surface area (Å²) < 4.78 is 4.38. The molecule has 0 radical (unpaired) electrons. The van der Waals surface area contributed by atoms with E-state index in [9.17, 15) is 5.11 Å². The van der Waals surface area contributed by atoms with E-state index < -0.39 is 0 Å². The summed E-state index contributed by atoms with van der Waals surface area (Å²) in [5.74, 6) is 1.88. The Kier molecular flexibility index (Phi) is 7.60. The zero-order valence-corrected chi connectivity index (χ0v) is 30.2. The van der Waals surface area contributed by atoms with Crippen molar-refractivity contribution < 1.29 is 26.2 Å². The normalized spacial score (nSPS) is 12.3. The average molecular weight is 809 g/mol. The smallest absolute Gasteiger partial charge is 0.149 e. The van der Waals surface area contributed by atoms with Crippen molar-refractivity contribution in [1.29, 1.82) is 0 Å². The fourth-order valence-electron chi connectivity index (χ4n) is 6.70. The van der Waals surface area contributed by atoms with E-state index in [2.05, 4.69) is 148 Å². The molecule has 0 aliphatic heterocycles. The van der Waals surface area contributed by atoms with Crippen LogP contribution in [0.5, 0.6) is 5.75 Å². The summed E-state index contributed by atoms with van der Waals surface area (Å²) in [6.45, 7) is 13.2. The molecule has 5 nitrogen and oxygen atoms in total. The molecule has 8 aromatic rings. The first-order valence-corrected chi connectivity index (χ1v) is 16.2. The minimum atomic E-state index is -0.0551. The second-order valence-electron chi connectivity index (χ2n) is 14.5. The van der Waals surface area contributed by atoms with Crippen LogP contribution in [0.2, 0.25) is 0 Å². The molecule has 0 saturated heterocycles. The number of aromatic nitrogens is 4. The first-order chi connectivity index (χ1) is 22.5. The molecule has 8 rings (SSSR count). The summed E-state index contributed by atoms with van der Waals surface area (Å²) in [4.78, 5) is 10.3. The molecule has 0 aliphatic rings. The minimum absolute atomic E-state index is 0. The Morgan fingerprint density at radius 3 is 1.94 bits per heavy atom. The number of rotatable bonds is 3. The molecule has 0 aliphatic carbocycles. The topological polar surface area (TPSA) is 55.9 Å². The molecule has 0 bridgehead atoms. The third kappa shape index (κ3) is 5.12. The van der Waals surface area contributed by atoms with E-state index in [0.29, 0.717) is 0 Å². The number of aromatic hydroxyl groups is 1. The van der Waals surface area contributed by atoms with Crippen molar-refractivity contribution in [2.24, 2.45) is 0 Å². The third-order valence-corrected chi connectivity index (χ3v) is 9.31. The van der Waals surface area contributed by atoms with Crippen LogP contribution >= 0.6 is 0 Å². The number of phenols is 1. The molecule has 242 valence electrons. The van der Waals surface area contributed by atoms with Gasteiger partial charge in [0.2, 0.25) is 0 Å². The summed E-state index contributed by atoms with van der Waals surface area (Å²) in [5, 5.41) is 15.4. The fraction of sp³-hybridized carbons (Fsp3) is 0.190. The maximum absolute atomic E-state index is 11.0. The number of fused-ring (bicyclic) bond motifs is 6. The summed E-state index contributed by atoms with van der Waals surface area (Å²) >= 11 is 0. The van der Waals surface area contributed by atoms with E-state index in [1.807, 2.05) is 12.3 Å².